The largest absolute Gasteiger partial charge is 0.573 e. The van der Waals surface area contributed by atoms with Crippen molar-refractivity contribution in [2.45, 2.75) is 32.2 Å². The number of benzene rings is 1. The van der Waals surface area contributed by atoms with Crippen molar-refractivity contribution in [2.24, 2.45) is 5.92 Å². The van der Waals surface area contributed by atoms with Crippen LogP contribution in [0.15, 0.2) is 24.3 Å². The second-order valence-electron chi connectivity index (χ2n) is 5.41. The van der Waals surface area contributed by atoms with Gasteiger partial charge in [-0.25, -0.2) is 0 Å². The zero-order valence-electron chi connectivity index (χ0n) is 11.7. The molecule has 1 aliphatic heterocycles. The standard InChI is InChI=1S/C15H19ClF3NO/c16-8-7-12-2-1-9-20(10-12)11-13-3-5-14(6-4-13)21-15(17,18)19/h3-6,12H,1-2,7-11H2. The van der Waals surface area contributed by atoms with Crippen LogP contribution in [0.2, 0.25) is 0 Å². The van der Waals surface area contributed by atoms with Gasteiger partial charge in [0.15, 0.2) is 0 Å². The van der Waals surface area contributed by atoms with Gasteiger partial charge in [-0.05, 0) is 49.4 Å². The van der Waals surface area contributed by atoms with Gasteiger partial charge >= 0.3 is 6.36 Å². The Morgan fingerprint density at radius 1 is 1.24 bits per heavy atom. The summed E-state index contributed by atoms with van der Waals surface area (Å²) in [5, 5.41) is 0. The van der Waals surface area contributed by atoms with Gasteiger partial charge in [0.25, 0.3) is 0 Å². The van der Waals surface area contributed by atoms with Crippen LogP contribution in [-0.4, -0.2) is 30.2 Å². The molecule has 1 aromatic carbocycles. The summed E-state index contributed by atoms with van der Waals surface area (Å²) in [5.41, 5.74) is 0.996. The molecule has 1 atom stereocenters. The van der Waals surface area contributed by atoms with E-state index in [2.05, 4.69) is 9.64 Å². The summed E-state index contributed by atoms with van der Waals surface area (Å²) < 4.78 is 40.1. The molecule has 1 unspecified atom stereocenters. The lowest BCUT2D eigenvalue weighted by atomic mass is 9.95. The molecule has 118 valence electrons. The van der Waals surface area contributed by atoms with Crippen LogP contribution in [0.5, 0.6) is 5.75 Å². The monoisotopic (exact) mass is 321 g/mol. The van der Waals surface area contributed by atoms with Gasteiger partial charge in [0.1, 0.15) is 5.75 Å². The molecule has 1 heterocycles. The topological polar surface area (TPSA) is 12.5 Å². The van der Waals surface area contributed by atoms with E-state index in [1.54, 1.807) is 12.1 Å². The number of hydrogen-bond donors (Lipinski definition) is 0. The number of hydrogen-bond acceptors (Lipinski definition) is 2. The molecular formula is C15H19ClF3NO. The Labute approximate surface area is 127 Å². The Morgan fingerprint density at radius 3 is 2.57 bits per heavy atom. The summed E-state index contributed by atoms with van der Waals surface area (Å²) in [6, 6.07) is 6.10. The van der Waals surface area contributed by atoms with Crippen molar-refractivity contribution in [3.63, 3.8) is 0 Å². The maximum Gasteiger partial charge on any atom is 0.573 e. The van der Waals surface area contributed by atoms with Crippen molar-refractivity contribution < 1.29 is 17.9 Å². The smallest absolute Gasteiger partial charge is 0.406 e. The minimum Gasteiger partial charge on any atom is -0.406 e. The van der Waals surface area contributed by atoms with Crippen LogP contribution in [0.1, 0.15) is 24.8 Å². The van der Waals surface area contributed by atoms with Crippen LogP contribution < -0.4 is 4.74 Å². The van der Waals surface area contributed by atoms with Crippen LogP contribution in [-0.2, 0) is 6.54 Å². The Kier molecular flexibility index (Phi) is 5.76. The van der Waals surface area contributed by atoms with Gasteiger partial charge in [-0.3, -0.25) is 4.90 Å². The van der Waals surface area contributed by atoms with Gasteiger partial charge < -0.3 is 4.74 Å². The Morgan fingerprint density at radius 2 is 1.95 bits per heavy atom. The molecule has 0 aromatic heterocycles. The van der Waals surface area contributed by atoms with E-state index in [-0.39, 0.29) is 5.75 Å². The first kappa shape index (κ1) is 16.4. The van der Waals surface area contributed by atoms with E-state index in [1.165, 1.54) is 18.6 Å². The summed E-state index contributed by atoms with van der Waals surface area (Å²) in [4.78, 5) is 2.33. The zero-order chi connectivity index (χ0) is 15.3. The second kappa shape index (κ2) is 7.36. The fourth-order valence-electron chi connectivity index (χ4n) is 2.74. The van der Waals surface area contributed by atoms with Gasteiger partial charge in [0.2, 0.25) is 0 Å². The maximum absolute atomic E-state index is 12.1. The fourth-order valence-corrected chi connectivity index (χ4v) is 3.05. The molecule has 0 saturated carbocycles. The quantitative estimate of drug-likeness (QED) is 0.744. The average Bonchev–Trinajstić information content (AvgIpc) is 2.40. The molecule has 0 N–H and O–H groups in total. The molecule has 2 nitrogen and oxygen atoms in total. The molecule has 0 aliphatic carbocycles. The van der Waals surface area contributed by atoms with Crippen molar-refractivity contribution in [1.82, 2.24) is 4.90 Å². The fraction of sp³-hybridized carbons (Fsp3) is 0.600. The summed E-state index contributed by atoms with van der Waals surface area (Å²) in [6.45, 7) is 2.79. The molecule has 6 heteroatoms. The number of rotatable bonds is 5. The first-order valence-corrected chi connectivity index (χ1v) is 7.63. The van der Waals surface area contributed by atoms with Crippen LogP contribution in [0.25, 0.3) is 0 Å². The van der Waals surface area contributed by atoms with E-state index in [0.29, 0.717) is 11.8 Å². The predicted molar refractivity (Wildman–Crippen MR) is 76.5 cm³/mol. The lowest BCUT2D eigenvalue weighted by molar-refractivity contribution is -0.274. The van der Waals surface area contributed by atoms with Crippen molar-refractivity contribution >= 4 is 11.6 Å². The normalized spacial score (nSPS) is 20.5. The van der Waals surface area contributed by atoms with Crippen molar-refractivity contribution in [3.05, 3.63) is 29.8 Å². The lowest BCUT2D eigenvalue weighted by Crippen LogP contribution is -2.35. The number of halogens is 4. The molecule has 1 fully saturated rings. The first-order valence-electron chi connectivity index (χ1n) is 7.09. The van der Waals surface area contributed by atoms with E-state index < -0.39 is 6.36 Å². The van der Waals surface area contributed by atoms with Gasteiger partial charge in [-0.15, -0.1) is 24.8 Å². The minimum atomic E-state index is -4.64. The molecule has 0 spiro atoms. The van der Waals surface area contributed by atoms with E-state index in [0.717, 1.165) is 38.0 Å². The van der Waals surface area contributed by atoms with Gasteiger partial charge in [0.05, 0.1) is 0 Å². The van der Waals surface area contributed by atoms with Gasteiger partial charge in [0, 0.05) is 19.0 Å². The molecular weight excluding hydrogens is 303 g/mol. The third-order valence-corrected chi connectivity index (χ3v) is 3.90. The zero-order valence-corrected chi connectivity index (χ0v) is 12.5. The van der Waals surface area contributed by atoms with Crippen LogP contribution in [0.3, 0.4) is 0 Å². The third-order valence-electron chi connectivity index (χ3n) is 3.68. The Hall–Kier alpha value is -0.940. The Balaban J connectivity index is 1.88. The number of nitrogens with zero attached hydrogens (tertiary/aromatic N) is 1. The van der Waals surface area contributed by atoms with E-state index in [1.807, 2.05) is 0 Å². The summed E-state index contributed by atoms with van der Waals surface area (Å²) >= 11 is 5.79. The number of likely N-dealkylation sites (tertiary alicyclic amines) is 1. The Bertz CT molecular complexity index is 434. The van der Waals surface area contributed by atoms with Crippen molar-refractivity contribution in [2.75, 3.05) is 19.0 Å². The average molecular weight is 322 g/mol. The highest BCUT2D eigenvalue weighted by molar-refractivity contribution is 6.17. The van der Waals surface area contributed by atoms with Crippen LogP contribution in [0.4, 0.5) is 13.2 Å². The molecule has 1 saturated heterocycles. The highest BCUT2D eigenvalue weighted by Gasteiger charge is 2.31. The third kappa shape index (κ3) is 5.75. The van der Waals surface area contributed by atoms with Crippen LogP contribution >= 0.6 is 11.6 Å². The summed E-state index contributed by atoms with van der Waals surface area (Å²) in [7, 11) is 0. The highest BCUT2D eigenvalue weighted by Crippen LogP contribution is 2.24. The summed E-state index contributed by atoms with van der Waals surface area (Å²) in [5.74, 6) is 1.14. The van der Waals surface area contributed by atoms with E-state index in [4.69, 9.17) is 11.6 Å². The number of piperidine rings is 1. The summed E-state index contributed by atoms with van der Waals surface area (Å²) in [6.07, 6.45) is -1.25. The first-order chi connectivity index (χ1) is 9.96. The van der Waals surface area contributed by atoms with Gasteiger partial charge in [-0.2, -0.15) is 0 Å². The molecule has 0 radical (unpaired) electrons. The molecule has 2 rings (SSSR count). The highest BCUT2D eigenvalue weighted by atomic mass is 35.5. The number of alkyl halides is 4. The van der Waals surface area contributed by atoms with Crippen molar-refractivity contribution in [3.8, 4) is 5.75 Å². The second-order valence-corrected chi connectivity index (χ2v) is 5.79. The van der Waals surface area contributed by atoms with Crippen LogP contribution in [0, 0.1) is 5.92 Å². The minimum absolute atomic E-state index is 0.176. The van der Waals surface area contributed by atoms with E-state index in [9.17, 15) is 13.2 Å². The molecule has 21 heavy (non-hydrogen) atoms. The molecule has 1 aliphatic rings. The SMILES string of the molecule is FC(F)(F)Oc1ccc(CN2CCCC(CCCl)C2)cc1. The van der Waals surface area contributed by atoms with Crippen molar-refractivity contribution in [1.29, 1.82) is 0 Å². The molecule has 0 amide bonds. The molecule has 0 bridgehead atoms. The maximum atomic E-state index is 12.1. The predicted octanol–water partition coefficient (Wildman–Crippen LogP) is 4.43. The number of ether oxygens (including phenoxy) is 1. The lowest BCUT2D eigenvalue weighted by Gasteiger charge is -2.32. The molecule has 1 aromatic rings. The van der Waals surface area contributed by atoms with Gasteiger partial charge in [-0.1, -0.05) is 12.1 Å². The van der Waals surface area contributed by atoms with E-state index >= 15 is 0 Å².